The molecule has 1 rings (SSSR count). The largest absolute Gasteiger partial charge is 0.743 e. The predicted molar refractivity (Wildman–Crippen MR) is 86.9 cm³/mol. The molecule has 1 aromatic rings. The number of alkyl halides is 21. The third-order valence-corrected chi connectivity index (χ3v) is 5.41. The van der Waals surface area contributed by atoms with E-state index in [2.05, 4.69) is 0 Å². The molecule has 0 radical (unpaired) electrons. The number of nitrogens with zero attached hydrogens (tertiary/aromatic N) is 2. The highest BCUT2D eigenvalue weighted by atomic mass is 32.2. The number of aromatic nitrogens is 2. The van der Waals surface area contributed by atoms with E-state index >= 15 is 0 Å². The molecular weight excluding hydrogens is 687 g/mol. The summed E-state index contributed by atoms with van der Waals surface area (Å²) < 4.78 is 291. The molecule has 0 aliphatic heterocycles. The molecule has 1 heterocycles. The Morgan fingerprint density at radius 2 is 1.07 bits per heavy atom. The molecule has 5 nitrogen and oxygen atoms in total. The third kappa shape index (κ3) is 7.06. The van der Waals surface area contributed by atoms with Crippen molar-refractivity contribution in [3.63, 3.8) is 0 Å². The zero-order chi connectivity index (χ0) is 34.3. The minimum absolute atomic E-state index is 0.000877. The van der Waals surface area contributed by atoms with E-state index in [-0.39, 0.29) is 23.3 Å². The van der Waals surface area contributed by atoms with Crippen molar-refractivity contribution in [2.75, 3.05) is 0 Å². The average molecular weight is 696 g/mol. The van der Waals surface area contributed by atoms with Gasteiger partial charge in [-0.15, -0.1) is 0 Å². The van der Waals surface area contributed by atoms with E-state index in [0.29, 0.717) is 0 Å². The lowest BCUT2D eigenvalue weighted by molar-refractivity contribution is -0.700. The van der Waals surface area contributed by atoms with Crippen molar-refractivity contribution in [2.24, 2.45) is 0 Å². The monoisotopic (exact) mass is 696 g/mol. The normalized spacial score (nSPS) is 15.2. The van der Waals surface area contributed by atoms with Crippen LogP contribution in [0.2, 0.25) is 0 Å². The number of aryl methyl sites for hydroxylation is 1. The van der Waals surface area contributed by atoms with Gasteiger partial charge in [-0.3, -0.25) is 0 Å². The smallest absolute Gasteiger partial charge is 0.460 e. The highest BCUT2D eigenvalue weighted by Crippen LogP contribution is 2.60. The summed E-state index contributed by atoms with van der Waals surface area (Å²) in [5.41, 5.74) is 0. The van der Waals surface area contributed by atoms with E-state index in [9.17, 15) is 105 Å². The van der Waals surface area contributed by atoms with Crippen LogP contribution >= 0.6 is 0 Å². The minimum atomic E-state index is -8.05. The molecule has 0 N–H and O–H groups in total. The lowest BCUT2D eigenvalue weighted by Gasteiger charge is -2.39. The molecule has 0 fully saturated rings. The van der Waals surface area contributed by atoms with Crippen molar-refractivity contribution >= 4 is 10.1 Å². The second kappa shape index (κ2) is 11.6. The number of hydrogen-bond donors (Lipinski definition) is 0. The van der Waals surface area contributed by atoms with Crippen molar-refractivity contribution in [3.8, 4) is 0 Å². The van der Waals surface area contributed by atoms with Gasteiger partial charge >= 0.3 is 59.9 Å². The Morgan fingerprint density at radius 1 is 0.667 bits per heavy atom. The molecule has 0 aromatic carbocycles. The molecule has 0 atom stereocenters. The van der Waals surface area contributed by atoms with Crippen LogP contribution in [-0.2, 0) is 22.7 Å². The fraction of sp³-hybridized carbons (Fsp3) is 0.800. The topological polar surface area (TPSA) is 66.0 Å². The van der Waals surface area contributed by atoms with Gasteiger partial charge in [-0.25, -0.2) is 21.8 Å². The van der Waals surface area contributed by atoms with Crippen molar-refractivity contribution in [1.82, 2.24) is 4.57 Å². The van der Waals surface area contributed by atoms with E-state index in [1.54, 1.807) is 0 Å². The Bertz CT molecular complexity index is 1160. The zero-order valence-corrected chi connectivity index (χ0v) is 19.6. The summed E-state index contributed by atoms with van der Waals surface area (Å²) in [5, 5.41) is -5.48. The first kappa shape index (κ1) is 39.6. The predicted octanol–water partition coefficient (Wildman–Crippen LogP) is 6.11. The fourth-order valence-electron chi connectivity index (χ4n) is 2.15. The molecule has 42 heavy (non-hydrogen) atoms. The lowest BCUT2D eigenvalue weighted by Crippen LogP contribution is -2.70. The van der Waals surface area contributed by atoms with E-state index in [1.807, 2.05) is 0 Å². The molecule has 0 unspecified atom stereocenters. The average Bonchev–Trinajstić information content (AvgIpc) is 3.26. The second-order valence-electron chi connectivity index (χ2n) is 7.51. The summed E-state index contributed by atoms with van der Waals surface area (Å²) in [6, 6.07) is -4.95. The summed E-state index contributed by atoms with van der Waals surface area (Å²) in [6.07, 6.45) is -18.8. The van der Waals surface area contributed by atoms with Crippen LogP contribution in [0.1, 0.15) is 6.42 Å². The Morgan fingerprint density at radius 3 is 1.38 bits per heavy atom. The van der Waals surface area contributed by atoms with E-state index in [1.165, 1.54) is 0 Å². The van der Waals surface area contributed by atoms with E-state index < -0.39 is 87.6 Å². The van der Waals surface area contributed by atoms with Gasteiger partial charge in [0.2, 0.25) is 6.33 Å². The number of halogens is 21. The standard InChI is InChI=1S/C13H8F17N2.C2H2F4O3S/c14-6(15)8(18,19)32-4-3-31(5-32)2-1-7(16,17)9(20,21)10(22,23)11(24,25)12(26,27)13(28,29)30;3-1(4)2(5,6)10(7,8)9/h3-6H,1-2H2;1H,(H,7,8,9)/q+1;/p-1. The Labute approximate surface area is 217 Å². The van der Waals surface area contributed by atoms with Gasteiger partial charge in [-0.2, -0.15) is 88.0 Å². The summed E-state index contributed by atoms with van der Waals surface area (Å²) in [7, 11) is -6.23. The molecule has 0 aliphatic carbocycles. The molecule has 0 saturated carbocycles. The fourth-order valence-corrected chi connectivity index (χ4v) is 2.37. The van der Waals surface area contributed by atoms with Crippen LogP contribution in [-0.4, -0.2) is 71.4 Å². The van der Waals surface area contributed by atoms with Gasteiger partial charge in [0.1, 0.15) is 12.4 Å². The molecule has 0 spiro atoms. The van der Waals surface area contributed by atoms with Gasteiger partial charge in [0, 0.05) is 0 Å². The molecule has 27 heteroatoms. The maximum atomic E-state index is 13.6. The summed E-state index contributed by atoms with van der Waals surface area (Å²) in [5.74, 6) is -37.8. The van der Waals surface area contributed by atoms with Crippen LogP contribution in [0.25, 0.3) is 0 Å². The lowest BCUT2D eigenvalue weighted by atomic mass is 9.92. The van der Waals surface area contributed by atoms with Crippen molar-refractivity contribution in [3.05, 3.63) is 18.7 Å². The van der Waals surface area contributed by atoms with Gasteiger partial charge in [-0.05, 0) is 0 Å². The Balaban J connectivity index is 0.00000143. The Hall–Kier alpha value is -2.35. The SMILES string of the molecule is FC(F)C(F)(F)n1cc[n+](CCC(F)(F)C(F)(F)C(F)(F)C(F)(F)C(F)(F)C(F)(F)F)c1.O=S(=O)([O-])C(F)(F)C(F)F. The first-order valence-corrected chi connectivity index (χ1v) is 10.8. The minimum Gasteiger partial charge on any atom is -0.743 e. The summed E-state index contributed by atoms with van der Waals surface area (Å²) in [6.45, 7) is -1.74. The van der Waals surface area contributed by atoms with E-state index in [4.69, 9.17) is 0 Å². The van der Waals surface area contributed by atoms with E-state index in [0.717, 1.165) is 0 Å². The van der Waals surface area contributed by atoms with Gasteiger partial charge < -0.3 is 4.55 Å². The van der Waals surface area contributed by atoms with Crippen LogP contribution in [0.4, 0.5) is 92.2 Å². The van der Waals surface area contributed by atoms with Crippen LogP contribution in [0.5, 0.6) is 0 Å². The second-order valence-corrected chi connectivity index (χ2v) is 8.97. The van der Waals surface area contributed by atoms with Crippen LogP contribution in [0.3, 0.4) is 0 Å². The Kier molecular flexibility index (Phi) is 11.0. The molecule has 250 valence electrons. The molecule has 0 amide bonds. The summed E-state index contributed by atoms with van der Waals surface area (Å²) >= 11 is 0. The summed E-state index contributed by atoms with van der Waals surface area (Å²) in [4.78, 5) is 0. The van der Waals surface area contributed by atoms with Gasteiger partial charge in [0.05, 0.1) is 13.0 Å². The first-order chi connectivity index (χ1) is 18.1. The van der Waals surface area contributed by atoms with Crippen molar-refractivity contribution in [2.45, 2.75) is 72.9 Å². The van der Waals surface area contributed by atoms with Gasteiger partial charge in [0.25, 0.3) is 0 Å². The van der Waals surface area contributed by atoms with Gasteiger partial charge in [0.15, 0.2) is 10.1 Å². The first-order valence-electron chi connectivity index (χ1n) is 9.38. The molecule has 0 bridgehead atoms. The maximum absolute atomic E-state index is 13.6. The number of rotatable bonds is 11. The molecule has 0 aliphatic rings. The van der Waals surface area contributed by atoms with Crippen LogP contribution < -0.4 is 4.57 Å². The maximum Gasteiger partial charge on any atom is 0.460 e. The quantitative estimate of drug-likeness (QED) is 0.160. The molecular formula is C15H9F21N2O3S. The molecule has 0 saturated heterocycles. The molecule has 1 aromatic heterocycles. The number of hydrogen-bond acceptors (Lipinski definition) is 3. The van der Waals surface area contributed by atoms with Crippen molar-refractivity contribution in [1.29, 1.82) is 0 Å². The van der Waals surface area contributed by atoms with Crippen LogP contribution in [0.15, 0.2) is 18.7 Å². The third-order valence-electron chi connectivity index (χ3n) is 4.57. The highest BCUT2D eigenvalue weighted by Gasteiger charge is 2.90. The highest BCUT2D eigenvalue weighted by molar-refractivity contribution is 7.86. The van der Waals surface area contributed by atoms with Gasteiger partial charge in [-0.1, -0.05) is 0 Å². The number of imidazole rings is 1. The zero-order valence-electron chi connectivity index (χ0n) is 18.8. The van der Waals surface area contributed by atoms with Crippen molar-refractivity contribution < 1.29 is 110 Å². The van der Waals surface area contributed by atoms with Crippen LogP contribution in [0, 0.1) is 0 Å².